The molecule has 0 amide bonds. The minimum Gasteiger partial charge on any atom is -0.316 e. The number of hydrogen-bond acceptors (Lipinski definition) is 3. The van der Waals surface area contributed by atoms with Crippen molar-refractivity contribution < 1.29 is 0 Å². The number of rotatable bonds is 2. The van der Waals surface area contributed by atoms with E-state index < -0.39 is 0 Å². The van der Waals surface area contributed by atoms with Gasteiger partial charge in [-0.2, -0.15) is 0 Å². The fraction of sp³-hybridized carbons (Fsp3) is 1.00. The quantitative estimate of drug-likeness (QED) is 0.573. The summed E-state index contributed by atoms with van der Waals surface area (Å²) in [5, 5.41) is 4.15. The molecule has 0 aliphatic carbocycles. The zero-order valence-electron chi connectivity index (χ0n) is 6.05. The van der Waals surface area contributed by atoms with E-state index in [2.05, 4.69) is 23.7 Å². The summed E-state index contributed by atoms with van der Waals surface area (Å²) >= 11 is 1.93. The summed E-state index contributed by atoms with van der Waals surface area (Å²) in [6.07, 6.45) is 1.32. The Labute approximate surface area is 61.1 Å². The molecule has 1 unspecified atom stereocenters. The zero-order chi connectivity index (χ0) is 6.69. The molecule has 1 rings (SSSR count). The zero-order valence-corrected chi connectivity index (χ0v) is 6.87. The minimum atomic E-state index is 0.819. The molecule has 0 spiro atoms. The van der Waals surface area contributed by atoms with Gasteiger partial charge in [-0.3, -0.25) is 4.31 Å². The van der Waals surface area contributed by atoms with Gasteiger partial charge in [0.25, 0.3) is 0 Å². The van der Waals surface area contributed by atoms with Crippen molar-refractivity contribution in [3.05, 3.63) is 0 Å². The highest BCUT2D eigenvalue weighted by Crippen LogP contribution is 2.18. The number of nitrogens with one attached hydrogen (secondary N) is 1. The molecule has 0 saturated carbocycles. The lowest BCUT2D eigenvalue weighted by Crippen LogP contribution is -2.14. The first-order valence-electron chi connectivity index (χ1n) is 3.34. The van der Waals surface area contributed by atoms with Gasteiger partial charge in [-0.05, 0) is 27.1 Å². The average molecular weight is 146 g/mol. The predicted octanol–water partition coefficient (Wildman–Crippen LogP) is 0.558. The van der Waals surface area contributed by atoms with Crippen molar-refractivity contribution in [3.8, 4) is 0 Å². The third-order valence-corrected chi connectivity index (χ3v) is 2.50. The summed E-state index contributed by atoms with van der Waals surface area (Å²) in [6, 6.07) is 0. The minimum absolute atomic E-state index is 0.819. The Hall–Kier alpha value is 0.270. The molecule has 0 aromatic heterocycles. The molecule has 1 fully saturated rings. The Balaban J connectivity index is 2.11. The Morgan fingerprint density at radius 3 is 2.78 bits per heavy atom. The van der Waals surface area contributed by atoms with Crippen LogP contribution in [-0.2, 0) is 0 Å². The van der Waals surface area contributed by atoms with Gasteiger partial charge in [0.1, 0.15) is 0 Å². The molecule has 1 heterocycles. The molecule has 3 heteroatoms. The van der Waals surface area contributed by atoms with Crippen LogP contribution in [0.25, 0.3) is 0 Å². The highest BCUT2D eigenvalue weighted by atomic mass is 32.2. The molecular weight excluding hydrogens is 132 g/mol. The maximum absolute atomic E-state index is 3.33. The third-order valence-electron chi connectivity index (χ3n) is 1.37. The molecule has 54 valence electrons. The summed E-state index contributed by atoms with van der Waals surface area (Å²) in [5.74, 6) is 0. The standard InChI is InChI=1S/C6H14N2S/c1-8(2)9-6-3-4-7-5-6/h6-7H,3-5H2,1-2H3. The lowest BCUT2D eigenvalue weighted by molar-refractivity contribution is 0.691. The van der Waals surface area contributed by atoms with Gasteiger partial charge in [0, 0.05) is 11.8 Å². The van der Waals surface area contributed by atoms with Crippen LogP contribution in [0.15, 0.2) is 0 Å². The van der Waals surface area contributed by atoms with Crippen LogP contribution in [0.5, 0.6) is 0 Å². The molecule has 0 aromatic rings. The monoisotopic (exact) mass is 146 g/mol. The first-order valence-corrected chi connectivity index (χ1v) is 4.17. The summed E-state index contributed by atoms with van der Waals surface area (Å²) in [7, 11) is 4.20. The normalized spacial score (nSPS) is 27.7. The Bertz CT molecular complexity index is 79.1. The highest BCUT2D eigenvalue weighted by molar-refractivity contribution is 7.97. The molecule has 0 radical (unpaired) electrons. The van der Waals surface area contributed by atoms with Crippen LogP contribution in [0.4, 0.5) is 0 Å². The van der Waals surface area contributed by atoms with Crippen molar-refractivity contribution in [1.82, 2.24) is 9.62 Å². The molecule has 2 nitrogen and oxygen atoms in total. The number of hydrogen-bond donors (Lipinski definition) is 1. The van der Waals surface area contributed by atoms with E-state index in [1.807, 2.05) is 11.9 Å². The lowest BCUT2D eigenvalue weighted by Gasteiger charge is -2.12. The summed E-state index contributed by atoms with van der Waals surface area (Å²) < 4.78 is 2.18. The molecule has 1 saturated heterocycles. The van der Waals surface area contributed by atoms with Gasteiger partial charge in [0.15, 0.2) is 0 Å². The van der Waals surface area contributed by atoms with Crippen LogP contribution in [-0.4, -0.2) is 36.7 Å². The van der Waals surface area contributed by atoms with Gasteiger partial charge in [-0.1, -0.05) is 11.9 Å². The van der Waals surface area contributed by atoms with E-state index in [4.69, 9.17) is 0 Å². The maximum atomic E-state index is 3.33. The molecular formula is C6H14N2S. The Morgan fingerprint density at radius 2 is 2.33 bits per heavy atom. The average Bonchev–Trinajstić information content (AvgIpc) is 2.15. The van der Waals surface area contributed by atoms with Gasteiger partial charge in [0.05, 0.1) is 0 Å². The first-order chi connectivity index (χ1) is 4.29. The van der Waals surface area contributed by atoms with Gasteiger partial charge in [-0.15, -0.1) is 0 Å². The number of nitrogens with zero attached hydrogens (tertiary/aromatic N) is 1. The smallest absolute Gasteiger partial charge is 0.0331 e. The van der Waals surface area contributed by atoms with E-state index in [1.54, 1.807) is 0 Å². The van der Waals surface area contributed by atoms with Crippen molar-refractivity contribution in [2.45, 2.75) is 11.7 Å². The highest BCUT2D eigenvalue weighted by Gasteiger charge is 2.14. The van der Waals surface area contributed by atoms with Gasteiger partial charge < -0.3 is 5.32 Å². The molecule has 0 bridgehead atoms. The van der Waals surface area contributed by atoms with E-state index in [1.165, 1.54) is 19.5 Å². The van der Waals surface area contributed by atoms with Crippen molar-refractivity contribution in [1.29, 1.82) is 0 Å². The van der Waals surface area contributed by atoms with E-state index in [9.17, 15) is 0 Å². The topological polar surface area (TPSA) is 15.3 Å². The van der Waals surface area contributed by atoms with Crippen LogP contribution >= 0.6 is 11.9 Å². The Morgan fingerprint density at radius 1 is 1.56 bits per heavy atom. The fourth-order valence-corrected chi connectivity index (χ4v) is 2.03. The van der Waals surface area contributed by atoms with Crippen molar-refractivity contribution >= 4 is 11.9 Å². The Kier molecular flexibility index (Phi) is 2.82. The lowest BCUT2D eigenvalue weighted by atomic mass is 10.4. The summed E-state index contributed by atoms with van der Waals surface area (Å²) in [4.78, 5) is 0. The fourth-order valence-electron chi connectivity index (χ4n) is 1.02. The molecule has 0 aromatic carbocycles. The van der Waals surface area contributed by atoms with E-state index in [0.29, 0.717) is 0 Å². The summed E-state index contributed by atoms with van der Waals surface area (Å²) in [6.45, 7) is 2.38. The molecule has 1 N–H and O–H groups in total. The van der Waals surface area contributed by atoms with Gasteiger partial charge in [0.2, 0.25) is 0 Å². The van der Waals surface area contributed by atoms with Crippen LogP contribution in [0.3, 0.4) is 0 Å². The molecule has 1 aliphatic heterocycles. The van der Waals surface area contributed by atoms with Crippen molar-refractivity contribution in [3.63, 3.8) is 0 Å². The molecule has 1 atom stereocenters. The van der Waals surface area contributed by atoms with Gasteiger partial charge in [-0.25, -0.2) is 0 Å². The summed E-state index contributed by atoms with van der Waals surface area (Å²) in [5.41, 5.74) is 0. The van der Waals surface area contributed by atoms with E-state index in [-0.39, 0.29) is 0 Å². The first kappa shape index (κ1) is 7.38. The third kappa shape index (κ3) is 2.56. The van der Waals surface area contributed by atoms with Crippen molar-refractivity contribution in [2.24, 2.45) is 0 Å². The van der Waals surface area contributed by atoms with E-state index in [0.717, 1.165) is 5.25 Å². The van der Waals surface area contributed by atoms with Crippen LogP contribution in [0, 0.1) is 0 Å². The van der Waals surface area contributed by atoms with Crippen LogP contribution < -0.4 is 5.32 Å². The van der Waals surface area contributed by atoms with Crippen molar-refractivity contribution in [2.75, 3.05) is 27.2 Å². The second kappa shape index (κ2) is 3.44. The van der Waals surface area contributed by atoms with Crippen LogP contribution in [0.1, 0.15) is 6.42 Å². The second-order valence-corrected chi connectivity index (χ2v) is 4.14. The predicted molar refractivity (Wildman–Crippen MR) is 42.6 cm³/mol. The largest absolute Gasteiger partial charge is 0.316 e. The van der Waals surface area contributed by atoms with Crippen LogP contribution in [0.2, 0.25) is 0 Å². The maximum Gasteiger partial charge on any atom is 0.0331 e. The second-order valence-electron chi connectivity index (χ2n) is 2.53. The SMILES string of the molecule is CN(C)SC1CCNC1. The van der Waals surface area contributed by atoms with Gasteiger partial charge >= 0.3 is 0 Å². The molecule has 9 heavy (non-hydrogen) atoms. The molecule has 1 aliphatic rings. The van der Waals surface area contributed by atoms with E-state index >= 15 is 0 Å².